The van der Waals surface area contributed by atoms with Gasteiger partial charge in [-0.2, -0.15) is 0 Å². The molecule has 1 aromatic heterocycles. The van der Waals surface area contributed by atoms with E-state index in [0.29, 0.717) is 6.04 Å². The third kappa shape index (κ3) is 4.68. The molecule has 0 aliphatic heterocycles. The number of rotatable bonds is 10. The molecule has 1 heterocycles. The van der Waals surface area contributed by atoms with Crippen molar-refractivity contribution < 1.29 is 9.36 Å². The van der Waals surface area contributed by atoms with Crippen LogP contribution in [0.2, 0.25) is 0 Å². The second-order valence-corrected chi connectivity index (χ2v) is 10.4. The van der Waals surface area contributed by atoms with Gasteiger partial charge in [0.15, 0.2) is 0 Å². The van der Waals surface area contributed by atoms with E-state index >= 15 is 0 Å². The zero-order valence-corrected chi connectivity index (χ0v) is 21.0. The number of unbranched alkanes of at least 4 members (excludes halogenated alkanes) is 1. The fraction of sp³-hybridized carbons (Fsp3) is 0.467. The van der Waals surface area contributed by atoms with Crippen molar-refractivity contribution in [1.29, 1.82) is 0 Å². The van der Waals surface area contributed by atoms with Crippen LogP contribution < -0.4 is 10.3 Å². The van der Waals surface area contributed by atoms with Gasteiger partial charge in [-0.1, -0.05) is 80.9 Å². The lowest BCUT2D eigenvalue weighted by atomic mass is 9.64. The number of benzene rings is 2. The normalized spacial score (nSPS) is 18.5. The van der Waals surface area contributed by atoms with Crippen LogP contribution in [0, 0.1) is 18.8 Å². The number of amides is 1. The molecule has 34 heavy (non-hydrogen) atoms. The maximum absolute atomic E-state index is 13.3. The van der Waals surface area contributed by atoms with Gasteiger partial charge in [-0.3, -0.25) is 4.79 Å². The fourth-order valence-corrected chi connectivity index (χ4v) is 6.10. The maximum atomic E-state index is 13.3. The standard InChI is InChI=1S/C30H39N3O/c1-23(2)12-10-11-19-32-20-21-33(24(32)3)28-18-17-27(22-28)30(29(31)34,25-13-6-4-7-14-25)26-15-8-5-9-16-26/h4-9,13-16,20-21,23,27-28H,10-12,17-19,22H2,1-3H3,(H-,31,34)/p+1/t27-,28+/m1/s1. The minimum Gasteiger partial charge on any atom is -0.369 e. The van der Waals surface area contributed by atoms with Gasteiger partial charge in [0.25, 0.3) is 5.82 Å². The lowest BCUT2D eigenvalue weighted by Crippen LogP contribution is -2.47. The summed E-state index contributed by atoms with van der Waals surface area (Å²) in [5.41, 5.74) is 7.47. The molecule has 1 amide bonds. The van der Waals surface area contributed by atoms with Crippen molar-refractivity contribution in [2.24, 2.45) is 17.6 Å². The largest absolute Gasteiger partial charge is 0.369 e. The molecule has 4 heteroatoms. The third-order valence-electron chi connectivity index (χ3n) is 7.88. The Morgan fingerprint density at radius 2 is 1.65 bits per heavy atom. The molecule has 0 unspecified atom stereocenters. The highest BCUT2D eigenvalue weighted by molar-refractivity contribution is 5.91. The molecule has 0 saturated heterocycles. The van der Waals surface area contributed by atoms with Gasteiger partial charge in [0.2, 0.25) is 5.91 Å². The average molecular weight is 459 g/mol. The highest BCUT2D eigenvalue weighted by atomic mass is 16.1. The van der Waals surface area contributed by atoms with Crippen LogP contribution in [0.4, 0.5) is 0 Å². The summed E-state index contributed by atoms with van der Waals surface area (Å²) in [7, 11) is 0. The third-order valence-corrected chi connectivity index (χ3v) is 7.88. The Labute approximate surface area is 204 Å². The van der Waals surface area contributed by atoms with Gasteiger partial charge < -0.3 is 5.73 Å². The first-order valence-electron chi connectivity index (χ1n) is 12.9. The molecule has 0 spiro atoms. The first-order valence-corrected chi connectivity index (χ1v) is 12.9. The molecule has 1 aliphatic rings. The van der Waals surface area contributed by atoms with E-state index < -0.39 is 5.41 Å². The molecule has 0 bridgehead atoms. The van der Waals surface area contributed by atoms with Crippen molar-refractivity contribution in [3.8, 4) is 0 Å². The fourth-order valence-electron chi connectivity index (χ4n) is 6.10. The van der Waals surface area contributed by atoms with Crippen LogP contribution in [-0.2, 0) is 16.8 Å². The van der Waals surface area contributed by atoms with Crippen molar-refractivity contribution in [2.75, 3.05) is 0 Å². The quantitative estimate of drug-likeness (QED) is 0.306. The average Bonchev–Trinajstić information content (AvgIpc) is 3.45. The second kappa shape index (κ2) is 10.6. The summed E-state index contributed by atoms with van der Waals surface area (Å²) in [6.45, 7) is 7.89. The molecule has 1 saturated carbocycles. The van der Waals surface area contributed by atoms with Crippen molar-refractivity contribution in [3.05, 3.63) is 90.0 Å². The van der Waals surface area contributed by atoms with Gasteiger partial charge in [0.1, 0.15) is 23.9 Å². The molecular formula is C30H40N3O+. The number of aromatic nitrogens is 2. The topological polar surface area (TPSA) is 51.9 Å². The number of aryl methyl sites for hydroxylation is 1. The maximum Gasteiger partial charge on any atom is 0.253 e. The summed E-state index contributed by atoms with van der Waals surface area (Å²) in [6.07, 6.45) is 11.2. The van der Waals surface area contributed by atoms with E-state index in [1.807, 2.05) is 36.4 Å². The lowest BCUT2D eigenvalue weighted by molar-refractivity contribution is -0.703. The highest BCUT2D eigenvalue weighted by Gasteiger charge is 2.51. The van der Waals surface area contributed by atoms with Gasteiger partial charge in [0, 0.05) is 6.92 Å². The molecule has 4 nitrogen and oxygen atoms in total. The Balaban J connectivity index is 1.60. The minimum absolute atomic E-state index is 0.154. The van der Waals surface area contributed by atoms with Crippen LogP contribution in [0.25, 0.3) is 0 Å². The summed E-state index contributed by atoms with van der Waals surface area (Å²) in [5, 5.41) is 0. The summed E-state index contributed by atoms with van der Waals surface area (Å²) in [6, 6.07) is 20.7. The van der Waals surface area contributed by atoms with Crippen LogP contribution in [0.5, 0.6) is 0 Å². The number of hydrogen-bond acceptors (Lipinski definition) is 1. The van der Waals surface area contributed by atoms with Gasteiger partial charge >= 0.3 is 0 Å². The Kier molecular flexibility index (Phi) is 7.55. The molecule has 2 aromatic carbocycles. The molecule has 0 radical (unpaired) electrons. The van der Waals surface area contributed by atoms with E-state index in [-0.39, 0.29) is 11.8 Å². The van der Waals surface area contributed by atoms with E-state index in [4.69, 9.17) is 5.73 Å². The summed E-state index contributed by atoms with van der Waals surface area (Å²) < 4.78 is 4.83. The Morgan fingerprint density at radius 1 is 1.03 bits per heavy atom. The van der Waals surface area contributed by atoms with Gasteiger partial charge in [0.05, 0.1) is 6.54 Å². The molecule has 4 rings (SSSR count). The SMILES string of the molecule is Cc1n([C@H]2CC[C@@H](C(C(N)=O)(c3ccccc3)c3ccccc3)C2)cc[n+]1CCCCC(C)C. The highest BCUT2D eigenvalue weighted by Crippen LogP contribution is 2.49. The Bertz CT molecular complexity index is 1030. The zero-order chi connectivity index (χ0) is 24.1. The Morgan fingerprint density at radius 3 is 2.21 bits per heavy atom. The van der Waals surface area contributed by atoms with Crippen LogP contribution in [0.1, 0.15) is 75.4 Å². The monoisotopic (exact) mass is 458 g/mol. The lowest BCUT2D eigenvalue weighted by Gasteiger charge is -2.37. The van der Waals surface area contributed by atoms with E-state index in [1.165, 1.54) is 25.1 Å². The van der Waals surface area contributed by atoms with Crippen LogP contribution >= 0.6 is 0 Å². The number of carbonyl (C=O) groups excluding carboxylic acids is 1. The van der Waals surface area contributed by atoms with Crippen molar-refractivity contribution in [2.45, 2.75) is 77.3 Å². The van der Waals surface area contributed by atoms with Crippen LogP contribution in [0.3, 0.4) is 0 Å². The predicted octanol–water partition coefficient (Wildman–Crippen LogP) is 5.72. The summed E-state index contributed by atoms with van der Waals surface area (Å²) in [5.74, 6) is 1.98. The molecule has 2 atom stereocenters. The predicted molar refractivity (Wildman–Crippen MR) is 137 cm³/mol. The van der Waals surface area contributed by atoms with E-state index in [0.717, 1.165) is 42.9 Å². The van der Waals surface area contributed by atoms with E-state index in [9.17, 15) is 4.79 Å². The second-order valence-electron chi connectivity index (χ2n) is 10.4. The van der Waals surface area contributed by atoms with E-state index in [2.05, 4.69) is 66.6 Å². The summed E-state index contributed by atoms with van der Waals surface area (Å²) >= 11 is 0. The molecule has 3 aromatic rings. The van der Waals surface area contributed by atoms with Gasteiger partial charge in [-0.25, -0.2) is 9.13 Å². The van der Waals surface area contributed by atoms with Gasteiger partial charge in [-0.15, -0.1) is 0 Å². The number of nitrogens with two attached hydrogens (primary N) is 1. The summed E-state index contributed by atoms with van der Waals surface area (Å²) in [4.78, 5) is 13.3. The number of carbonyl (C=O) groups is 1. The van der Waals surface area contributed by atoms with Crippen LogP contribution in [-0.4, -0.2) is 10.5 Å². The molecule has 1 aliphatic carbocycles. The number of imidazole rings is 1. The van der Waals surface area contributed by atoms with Gasteiger partial charge in [-0.05, 0) is 55.1 Å². The minimum atomic E-state index is -0.814. The first-order chi connectivity index (χ1) is 16.4. The number of primary amides is 1. The van der Waals surface area contributed by atoms with Crippen molar-refractivity contribution in [3.63, 3.8) is 0 Å². The van der Waals surface area contributed by atoms with Crippen molar-refractivity contribution in [1.82, 2.24) is 4.57 Å². The number of hydrogen-bond donors (Lipinski definition) is 1. The first kappa shape index (κ1) is 24.3. The Hall–Kier alpha value is -2.88. The van der Waals surface area contributed by atoms with Crippen molar-refractivity contribution >= 4 is 5.91 Å². The number of nitrogens with zero attached hydrogens (tertiary/aromatic N) is 2. The molecular weight excluding hydrogens is 418 g/mol. The molecule has 180 valence electrons. The van der Waals surface area contributed by atoms with E-state index in [1.54, 1.807) is 0 Å². The molecule has 1 fully saturated rings. The zero-order valence-electron chi connectivity index (χ0n) is 21.0. The van der Waals surface area contributed by atoms with Crippen LogP contribution in [0.15, 0.2) is 73.1 Å². The smallest absolute Gasteiger partial charge is 0.253 e. The molecule has 2 N–H and O–H groups in total.